The van der Waals surface area contributed by atoms with Crippen LogP contribution in [0.4, 0.5) is 10.5 Å². The zero-order chi connectivity index (χ0) is 24.5. The van der Waals surface area contributed by atoms with Gasteiger partial charge in [0.1, 0.15) is 12.6 Å². The van der Waals surface area contributed by atoms with E-state index in [1.165, 1.54) is 24.3 Å². The summed E-state index contributed by atoms with van der Waals surface area (Å²) in [6, 6.07) is 11.8. The molecule has 2 amide bonds. The fourth-order valence-corrected chi connectivity index (χ4v) is 3.00. The number of rotatable bonds is 9. The molecule has 2 atom stereocenters. The van der Waals surface area contributed by atoms with Crippen molar-refractivity contribution in [1.82, 2.24) is 4.90 Å². The standard InChI is InChI=1S/C23H27N3O7/c1-15(2)20(24)21(27)25(23(29)33-14-17-7-5-4-6-8-17)19(22(28)32-3)13-16-9-11-18(12-10-16)26(30)31/h4-12,15,19-20H,13-14,24H2,1-3H3/t19-,20-/m0/s1. The minimum Gasteiger partial charge on any atom is -0.467 e. The quantitative estimate of drug-likeness (QED) is 0.344. The van der Waals surface area contributed by atoms with Crippen molar-refractivity contribution in [3.05, 3.63) is 75.8 Å². The van der Waals surface area contributed by atoms with Gasteiger partial charge in [0.05, 0.1) is 18.1 Å². The van der Waals surface area contributed by atoms with Crippen molar-refractivity contribution in [2.45, 2.75) is 39.0 Å². The first-order valence-corrected chi connectivity index (χ1v) is 10.3. The molecule has 0 spiro atoms. The molecule has 0 fully saturated rings. The number of carbonyl (C=O) groups is 3. The number of nitro benzene ring substituents is 1. The lowest BCUT2D eigenvalue weighted by atomic mass is 10.0. The van der Waals surface area contributed by atoms with E-state index in [2.05, 4.69) is 0 Å². The molecule has 0 heterocycles. The first-order valence-electron chi connectivity index (χ1n) is 10.3. The van der Waals surface area contributed by atoms with Gasteiger partial charge in [0, 0.05) is 18.6 Å². The Morgan fingerprint density at radius 2 is 1.64 bits per heavy atom. The minimum absolute atomic E-state index is 0.119. The van der Waals surface area contributed by atoms with Gasteiger partial charge >= 0.3 is 12.1 Å². The third-order valence-corrected chi connectivity index (χ3v) is 5.00. The van der Waals surface area contributed by atoms with Gasteiger partial charge in [-0.2, -0.15) is 0 Å². The summed E-state index contributed by atoms with van der Waals surface area (Å²) in [5.41, 5.74) is 7.04. The second-order valence-electron chi connectivity index (χ2n) is 7.68. The summed E-state index contributed by atoms with van der Waals surface area (Å²) in [5, 5.41) is 10.9. The van der Waals surface area contributed by atoms with Crippen LogP contribution in [-0.2, 0) is 32.1 Å². The highest BCUT2D eigenvalue weighted by Gasteiger charge is 2.39. The molecule has 33 heavy (non-hydrogen) atoms. The van der Waals surface area contributed by atoms with Gasteiger partial charge in [0.15, 0.2) is 0 Å². The van der Waals surface area contributed by atoms with Crippen LogP contribution in [0, 0.1) is 16.0 Å². The Bertz CT molecular complexity index is 977. The second-order valence-corrected chi connectivity index (χ2v) is 7.68. The number of hydrogen-bond donors (Lipinski definition) is 1. The molecule has 0 aliphatic heterocycles. The van der Waals surface area contributed by atoms with Crippen molar-refractivity contribution >= 4 is 23.7 Å². The zero-order valence-corrected chi connectivity index (χ0v) is 18.7. The number of benzene rings is 2. The summed E-state index contributed by atoms with van der Waals surface area (Å²) < 4.78 is 10.2. The predicted octanol–water partition coefficient (Wildman–Crippen LogP) is 2.83. The largest absolute Gasteiger partial charge is 0.467 e. The summed E-state index contributed by atoms with van der Waals surface area (Å²) in [7, 11) is 1.13. The van der Waals surface area contributed by atoms with Crippen LogP contribution in [0.25, 0.3) is 0 Å². The fourth-order valence-electron chi connectivity index (χ4n) is 3.00. The molecule has 10 heteroatoms. The Kier molecular flexibility index (Phi) is 9.05. The van der Waals surface area contributed by atoms with Gasteiger partial charge in [0.2, 0.25) is 5.91 Å². The van der Waals surface area contributed by atoms with E-state index in [1.807, 2.05) is 0 Å². The van der Waals surface area contributed by atoms with Gasteiger partial charge in [-0.05, 0) is 17.0 Å². The smallest absolute Gasteiger partial charge is 0.417 e. The molecule has 0 aliphatic rings. The number of hydrogen-bond acceptors (Lipinski definition) is 8. The highest BCUT2D eigenvalue weighted by molar-refractivity contribution is 5.99. The molecule has 0 aromatic heterocycles. The maximum Gasteiger partial charge on any atom is 0.417 e. The Morgan fingerprint density at radius 3 is 2.15 bits per heavy atom. The van der Waals surface area contributed by atoms with E-state index in [9.17, 15) is 24.5 Å². The molecule has 2 aromatic carbocycles. The first-order chi connectivity index (χ1) is 15.6. The Hall–Kier alpha value is -3.79. The molecule has 0 radical (unpaired) electrons. The van der Waals surface area contributed by atoms with Crippen LogP contribution >= 0.6 is 0 Å². The Morgan fingerprint density at radius 1 is 1.03 bits per heavy atom. The number of nitro groups is 1. The summed E-state index contributed by atoms with van der Waals surface area (Å²) >= 11 is 0. The maximum absolute atomic E-state index is 13.1. The highest BCUT2D eigenvalue weighted by Crippen LogP contribution is 2.19. The van der Waals surface area contributed by atoms with Gasteiger partial charge in [-0.3, -0.25) is 14.9 Å². The number of nitrogens with two attached hydrogens (primary N) is 1. The number of amides is 2. The summed E-state index contributed by atoms with van der Waals surface area (Å²) in [4.78, 5) is 49.8. The molecule has 176 valence electrons. The molecule has 0 bridgehead atoms. The zero-order valence-electron chi connectivity index (χ0n) is 18.7. The van der Waals surface area contributed by atoms with Gasteiger partial charge in [0.25, 0.3) is 5.69 Å². The molecule has 2 N–H and O–H groups in total. The van der Waals surface area contributed by atoms with Gasteiger partial charge in [-0.25, -0.2) is 14.5 Å². The molecule has 0 saturated heterocycles. The number of ether oxygens (including phenoxy) is 2. The lowest BCUT2D eigenvalue weighted by molar-refractivity contribution is -0.384. The van der Waals surface area contributed by atoms with E-state index in [0.29, 0.717) is 16.0 Å². The normalized spacial score (nSPS) is 12.5. The summed E-state index contributed by atoms with van der Waals surface area (Å²) in [5.74, 6) is -1.96. The van der Waals surface area contributed by atoms with E-state index in [1.54, 1.807) is 44.2 Å². The monoisotopic (exact) mass is 457 g/mol. The average Bonchev–Trinajstić information content (AvgIpc) is 2.82. The van der Waals surface area contributed by atoms with Crippen molar-refractivity contribution in [2.24, 2.45) is 11.7 Å². The number of imide groups is 1. The lowest BCUT2D eigenvalue weighted by Crippen LogP contribution is -2.56. The van der Waals surface area contributed by atoms with Crippen LogP contribution < -0.4 is 5.73 Å². The fraction of sp³-hybridized carbons (Fsp3) is 0.348. The molecule has 2 rings (SSSR count). The van der Waals surface area contributed by atoms with E-state index < -0.39 is 35.0 Å². The van der Waals surface area contributed by atoms with Crippen LogP contribution in [0.5, 0.6) is 0 Å². The van der Waals surface area contributed by atoms with Crippen LogP contribution in [-0.4, -0.2) is 47.0 Å². The number of nitrogens with zero attached hydrogens (tertiary/aromatic N) is 2. The number of esters is 1. The lowest BCUT2D eigenvalue weighted by Gasteiger charge is -2.30. The van der Waals surface area contributed by atoms with Crippen molar-refractivity contribution in [2.75, 3.05) is 7.11 Å². The van der Waals surface area contributed by atoms with Crippen molar-refractivity contribution in [3.63, 3.8) is 0 Å². The molecule has 10 nitrogen and oxygen atoms in total. The van der Waals surface area contributed by atoms with Crippen LogP contribution in [0.1, 0.15) is 25.0 Å². The van der Waals surface area contributed by atoms with Crippen LogP contribution in [0.2, 0.25) is 0 Å². The van der Waals surface area contributed by atoms with Gasteiger partial charge < -0.3 is 15.2 Å². The minimum atomic E-state index is -1.38. The first kappa shape index (κ1) is 25.5. The molecule has 0 saturated carbocycles. The van der Waals surface area contributed by atoms with Crippen LogP contribution in [0.15, 0.2) is 54.6 Å². The molecular weight excluding hydrogens is 430 g/mol. The molecule has 0 unspecified atom stereocenters. The molecule has 0 aliphatic carbocycles. The third-order valence-electron chi connectivity index (χ3n) is 5.00. The maximum atomic E-state index is 13.1. The summed E-state index contributed by atoms with van der Waals surface area (Å²) in [6.45, 7) is 3.30. The average molecular weight is 457 g/mol. The molecule has 2 aromatic rings. The molecular formula is C23H27N3O7. The summed E-state index contributed by atoms with van der Waals surface area (Å²) in [6.07, 6.45) is -1.18. The second kappa shape index (κ2) is 11.7. The van der Waals surface area contributed by atoms with Crippen LogP contribution in [0.3, 0.4) is 0 Å². The van der Waals surface area contributed by atoms with Gasteiger partial charge in [-0.1, -0.05) is 56.3 Å². The predicted molar refractivity (Wildman–Crippen MR) is 119 cm³/mol. The number of non-ortho nitro benzene ring substituents is 1. The topological polar surface area (TPSA) is 142 Å². The Balaban J connectivity index is 2.36. The Labute approximate surface area is 191 Å². The number of methoxy groups -OCH3 is 1. The third kappa shape index (κ3) is 6.84. The van der Waals surface area contributed by atoms with E-state index >= 15 is 0 Å². The van der Waals surface area contributed by atoms with E-state index in [0.717, 1.165) is 7.11 Å². The number of carbonyl (C=O) groups excluding carboxylic acids is 3. The van der Waals surface area contributed by atoms with Gasteiger partial charge in [-0.15, -0.1) is 0 Å². The van der Waals surface area contributed by atoms with Crippen molar-refractivity contribution < 1.29 is 28.8 Å². The van der Waals surface area contributed by atoms with Crippen molar-refractivity contribution in [1.29, 1.82) is 0 Å². The van der Waals surface area contributed by atoms with E-state index in [4.69, 9.17) is 15.2 Å². The van der Waals surface area contributed by atoms with E-state index in [-0.39, 0.29) is 24.6 Å². The van der Waals surface area contributed by atoms with Crippen molar-refractivity contribution in [3.8, 4) is 0 Å². The SMILES string of the molecule is COC(=O)[C@H](Cc1ccc([N+](=O)[O-])cc1)N(C(=O)OCc1ccccc1)C(=O)[C@@H](N)C(C)C. The highest BCUT2D eigenvalue weighted by atomic mass is 16.6.